The normalized spacial score (nSPS) is 12.8. The molecule has 0 aliphatic carbocycles. The van der Waals surface area contributed by atoms with E-state index in [1.807, 2.05) is 12.1 Å². The van der Waals surface area contributed by atoms with Gasteiger partial charge in [-0.25, -0.2) is 4.79 Å². The zero-order valence-corrected chi connectivity index (χ0v) is 15.2. The smallest absolute Gasteiger partial charge is 0.321 e. The van der Waals surface area contributed by atoms with Crippen molar-refractivity contribution in [2.45, 2.75) is 6.92 Å². The lowest BCUT2D eigenvalue weighted by molar-refractivity contribution is -0.385. The van der Waals surface area contributed by atoms with Crippen molar-refractivity contribution in [1.29, 1.82) is 0 Å². The van der Waals surface area contributed by atoms with E-state index >= 15 is 0 Å². The van der Waals surface area contributed by atoms with Gasteiger partial charge in [0.25, 0.3) is 11.6 Å². The molecule has 0 saturated carbocycles. The van der Waals surface area contributed by atoms with Crippen LogP contribution in [0, 0.1) is 28.9 Å². The van der Waals surface area contributed by atoms with Gasteiger partial charge in [-0.15, -0.1) is 0 Å². The minimum Gasteiger partial charge on any atom is -0.341 e. The fourth-order valence-electron chi connectivity index (χ4n) is 2.76. The summed E-state index contributed by atoms with van der Waals surface area (Å²) in [4.78, 5) is 35.9. The van der Waals surface area contributed by atoms with Crippen LogP contribution >= 0.6 is 0 Å². The predicted octanol–water partition coefficient (Wildman–Crippen LogP) is 2.21. The third kappa shape index (κ3) is 4.27. The molecule has 2 N–H and O–H groups in total. The minimum atomic E-state index is -0.513. The molecular weight excluding hydrogens is 360 g/mol. The van der Waals surface area contributed by atoms with Crippen LogP contribution in [-0.4, -0.2) is 36.5 Å². The predicted molar refractivity (Wildman–Crippen MR) is 104 cm³/mol. The number of carbonyl (C=O) groups excluding carboxylic acids is 2. The molecule has 0 bridgehead atoms. The molecule has 2 aromatic carbocycles. The Balaban J connectivity index is 1.58. The lowest BCUT2D eigenvalue weighted by Crippen LogP contribution is -2.27. The van der Waals surface area contributed by atoms with Gasteiger partial charge < -0.3 is 10.6 Å². The third-order valence-electron chi connectivity index (χ3n) is 4.27. The summed E-state index contributed by atoms with van der Waals surface area (Å²) in [5.74, 6) is 5.34. The molecule has 0 aromatic heterocycles. The standard InChI is InChI=1S/C20H18N4O4/c1-14-4-7-16(13-18(14)24(27)28)19(25)21-10-2-3-15-5-8-17(9-6-15)23-12-11-22-20(23)26/h4-9,13H,10-12H2,1H3,(H,21,25)(H,22,26). The van der Waals surface area contributed by atoms with Crippen molar-refractivity contribution in [2.75, 3.05) is 24.5 Å². The van der Waals surface area contributed by atoms with E-state index in [2.05, 4.69) is 22.5 Å². The first-order valence-corrected chi connectivity index (χ1v) is 8.63. The summed E-state index contributed by atoms with van der Waals surface area (Å²) in [5, 5.41) is 16.3. The van der Waals surface area contributed by atoms with Crippen molar-refractivity contribution in [1.82, 2.24) is 10.6 Å². The maximum absolute atomic E-state index is 12.1. The Bertz CT molecular complexity index is 990. The molecule has 0 unspecified atom stereocenters. The van der Waals surface area contributed by atoms with Gasteiger partial charge in [-0.2, -0.15) is 0 Å². The number of nitrogens with one attached hydrogen (secondary N) is 2. The van der Waals surface area contributed by atoms with Crippen LogP contribution in [0.5, 0.6) is 0 Å². The molecule has 1 fully saturated rings. The van der Waals surface area contributed by atoms with E-state index in [4.69, 9.17) is 0 Å². The SMILES string of the molecule is Cc1ccc(C(=O)NCC#Cc2ccc(N3CCNC3=O)cc2)cc1[N+](=O)[O-]. The quantitative estimate of drug-likeness (QED) is 0.483. The number of nitrogens with zero attached hydrogens (tertiary/aromatic N) is 2. The van der Waals surface area contributed by atoms with E-state index in [1.54, 1.807) is 36.1 Å². The molecule has 1 aliphatic rings. The molecule has 1 aliphatic heterocycles. The summed E-state index contributed by atoms with van der Waals surface area (Å²) in [6.45, 7) is 2.99. The molecule has 3 rings (SSSR count). The first-order valence-electron chi connectivity index (χ1n) is 8.63. The fourth-order valence-corrected chi connectivity index (χ4v) is 2.76. The zero-order chi connectivity index (χ0) is 20.1. The summed E-state index contributed by atoms with van der Waals surface area (Å²) >= 11 is 0. The number of carbonyl (C=O) groups is 2. The first kappa shape index (κ1) is 18.9. The van der Waals surface area contributed by atoms with Gasteiger partial charge in [0.1, 0.15) is 0 Å². The van der Waals surface area contributed by atoms with Crippen LogP contribution in [0.3, 0.4) is 0 Å². The van der Waals surface area contributed by atoms with Gasteiger partial charge >= 0.3 is 6.03 Å². The fraction of sp³-hybridized carbons (Fsp3) is 0.200. The average molecular weight is 378 g/mol. The summed E-state index contributed by atoms with van der Waals surface area (Å²) in [7, 11) is 0. The largest absolute Gasteiger partial charge is 0.341 e. The van der Waals surface area contributed by atoms with E-state index in [0.29, 0.717) is 18.7 Å². The molecule has 8 heteroatoms. The number of benzene rings is 2. The van der Waals surface area contributed by atoms with Crippen LogP contribution in [0.15, 0.2) is 42.5 Å². The van der Waals surface area contributed by atoms with Crippen LogP contribution in [0.4, 0.5) is 16.2 Å². The van der Waals surface area contributed by atoms with Crippen molar-refractivity contribution < 1.29 is 14.5 Å². The van der Waals surface area contributed by atoms with E-state index in [-0.39, 0.29) is 23.8 Å². The highest BCUT2D eigenvalue weighted by atomic mass is 16.6. The molecule has 142 valence electrons. The minimum absolute atomic E-state index is 0.0921. The van der Waals surface area contributed by atoms with E-state index < -0.39 is 10.8 Å². The van der Waals surface area contributed by atoms with E-state index in [1.165, 1.54) is 6.07 Å². The van der Waals surface area contributed by atoms with Crippen LogP contribution in [0.1, 0.15) is 21.5 Å². The number of amides is 3. The highest BCUT2D eigenvalue weighted by Gasteiger charge is 2.20. The van der Waals surface area contributed by atoms with Gasteiger partial charge in [-0.05, 0) is 37.3 Å². The third-order valence-corrected chi connectivity index (χ3v) is 4.27. The molecule has 3 amide bonds. The van der Waals surface area contributed by atoms with Gasteiger partial charge in [0.15, 0.2) is 0 Å². The second-order valence-electron chi connectivity index (χ2n) is 6.17. The van der Waals surface area contributed by atoms with Gasteiger partial charge in [-0.3, -0.25) is 19.8 Å². The molecule has 2 aromatic rings. The molecule has 28 heavy (non-hydrogen) atoms. The second kappa shape index (κ2) is 8.22. The lowest BCUT2D eigenvalue weighted by Gasteiger charge is -2.13. The van der Waals surface area contributed by atoms with Crippen LogP contribution < -0.4 is 15.5 Å². The number of urea groups is 1. The maximum Gasteiger partial charge on any atom is 0.321 e. The van der Waals surface area contributed by atoms with Gasteiger partial charge in [-0.1, -0.05) is 17.9 Å². The van der Waals surface area contributed by atoms with Crippen molar-refractivity contribution in [2.24, 2.45) is 0 Å². The molecule has 8 nitrogen and oxygen atoms in total. The van der Waals surface area contributed by atoms with Crippen LogP contribution in [-0.2, 0) is 0 Å². The second-order valence-corrected chi connectivity index (χ2v) is 6.17. The van der Waals surface area contributed by atoms with E-state index in [9.17, 15) is 19.7 Å². The molecule has 0 atom stereocenters. The Labute approximate surface area is 161 Å². The summed E-state index contributed by atoms with van der Waals surface area (Å²) in [5.41, 5.74) is 2.17. The molecule has 0 spiro atoms. The number of nitro benzene ring substituents is 1. The highest BCUT2D eigenvalue weighted by molar-refractivity contribution is 5.95. The van der Waals surface area contributed by atoms with E-state index in [0.717, 1.165) is 11.3 Å². The summed E-state index contributed by atoms with van der Waals surface area (Å²) in [6, 6.07) is 11.5. The number of rotatable bonds is 4. The Kier molecular flexibility index (Phi) is 5.56. The Morgan fingerprint density at radius 2 is 2.04 bits per heavy atom. The first-order chi connectivity index (χ1) is 13.5. The summed E-state index contributed by atoms with van der Waals surface area (Å²) in [6.07, 6.45) is 0. The van der Waals surface area contributed by atoms with Crippen molar-refractivity contribution in [3.63, 3.8) is 0 Å². The van der Waals surface area contributed by atoms with Gasteiger partial charge in [0.2, 0.25) is 0 Å². The summed E-state index contributed by atoms with van der Waals surface area (Å²) < 4.78 is 0. The van der Waals surface area contributed by atoms with Crippen molar-refractivity contribution >= 4 is 23.3 Å². The lowest BCUT2D eigenvalue weighted by atomic mass is 10.1. The average Bonchev–Trinajstić information content (AvgIpc) is 3.11. The molecule has 0 radical (unpaired) electrons. The molecule has 1 heterocycles. The zero-order valence-electron chi connectivity index (χ0n) is 15.2. The number of anilines is 1. The Morgan fingerprint density at radius 3 is 2.68 bits per heavy atom. The Hall–Kier alpha value is -3.86. The highest BCUT2D eigenvalue weighted by Crippen LogP contribution is 2.19. The van der Waals surface area contributed by atoms with Crippen LogP contribution in [0.25, 0.3) is 0 Å². The number of hydrogen-bond donors (Lipinski definition) is 2. The Morgan fingerprint density at radius 1 is 1.29 bits per heavy atom. The molecular formula is C20H18N4O4. The number of aryl methyl sites for hydroxylation is 1. The van der Waals surface area contributed by atoms with Gasteiger partial charge in [0.05, 0.1) is 11.5 Å². The van der Waals surface area contributed by atoms with Crippen molar-refractivity contribution in [3.05, 3.63) is 69.3 Å². The molecule has 1 saturated heterocycles. The van der Waals surface area contributed by atoms with Crippen molar-refractivity contribution in [3.8, 4) is 11.8 Å². The number of nitro groups is 1. The van der Waals surface area contributed by atoms with Crippen LogP contribution in [0.2, 0.25) is 0 Å². The van der Waals surface area contributed by atoms with Gasteiger partial charge in [0, 0.05) is 41.5 Å². The number of hydrogen-bond acceptors (Lipinski definition) is 4. The maximum atomic E-state index is 12.1. The topological polar surface area (TPSA) is 105 Å². The monoisotopic (exact) mass is 378 g/mol.